The maximum atomic E-state index is 11.7. The lowest BCUT2D eigenvalue weighted by atomic mass is 10.2. The number of rotatable bonds is 5. The molecule has 0 fully saturated rings. The minimum atomic E-state index is -3.51. The summed E-state index contributed by atoms with van der Waals surface area (Å²) in [5.74, 6) is 0. The molecule has 0 spiro atoms. The molecule has 0 amide bonds. The third-order valence-electron chi connectivity index (χ3n) is 2.19. The summed E-state index contributed by atoms with van der Waals surface area (Å²) >= 11 is 0. The van der Waals surface area contributed by atoms with Crippen molar-refractivity contribution < 1.29 is 13.5 Å². The van der Waals surface area contributed by atoms with Crippen molar-refractivity contribution in [2.75, 3.05) is 18.9 Å². The van der Waals surface area contributed by atoms with Crippen LogP contribution in [0.4, 0.5) is 5.69 Å². The van der Waals surface area contributed by atoms with E-state index in [0.29, 0.717) is 12.1 Å². The number of nitrogens with one attached hydrogen (secondary N) is 1. The summed E-state index contributed by atoms with van der Waals surface area (Å²) in [7, 11) is -3.51. The molecule has 0 saturated carbocycles. The Kier molecular flexibility index (Phi) is 4.28. The second-order valence-electron chi connectivity index (χ2n) is 3.49. The molecule has 4 N–H and O–H groups in total. The molecule has 16 heavy (non-hydrogen) atoms. The summed E-state index contributed by atoms with van der Waals surface area (Å²) in [6.07, 6.45) is 0.389. The van der Waals surface area contributed by atoms with Gasteiger partial charge in [0.25, 0.3) is 0 Å². The van der Waals surface area contributed by atoms with Gasteiger partial charge in [0, 0.05) is 18.8 Å². The molecule has 0 aromatic heterocycles. The third-order valence-corrected chi connectivity index (χ3v) is 3.65. The lowest BCUT2D eigenvalue weighted by molar-refractivity contribution is 0.289. The normalized spacial score (nSPS) is 11.6. The molecule has 0 radical (unpaired) electrons. The fourth-order valence-corrected chi connectivity index (χ4v) is 2.26. The molecule has 0 aliphatic carbocycles. The number of anilines is 1. The monoisotopic (exact) mass is 244 g/mol. The lowest BCUT2D eigenvalue weighted by Crippen LogP contribution is -2.25. The van der Waals surface area contributed by atoms with E-state index in [9.17, 15) is 8.42 Å². The van der Waals surface area contributed by atoms with Gasteiger partial charge in [-0.15, -0.1) is 0 Å². The molecule has 0 saturated heterocycles. The molecule has 0 bridgehead atoms. The minimum absolute atomic E-state index is 0.0431. The van der Waals surface area contributed by atoms with Crippen LogP contribution in [0.1, 0.15) is 12.0 Å². The molecule has 0 heterocycles. The number of aryl methyl sites for hydroxylation is 1. The fourth-order valence-electron chi connectivity index (χ4n) is 1.15. The zero-order valence-electron chi connectivity index (χ0n) is 9.10. The van der Waals surface area contributed by atoms with E-state index in [2.05, 4.69) is 4.72 Å². The molecule has 1 aromatic rings. The Bertz CT molecular complexity index is 457. The Morgan fingerprint density at radius 2 is 2.12 bits per heavy atom. The number of hydrogen-bond donors (Lipinski definition) is 3. The number of hydrogen-bond acceptors (Lipinski definition) is 4. The highest BCUT2D eigenvalue weighted by Gasteiger charge is 2.13. The predicted molar refractivity (Wildman–Crippen MR) is 62.5 cm³/mol. The number of nitrogens with two attached hydrogens (primary N) is 1. The molecule has 0 atom stereocenters. The molecular formula is C10H16N2O3S. The number of nitrogen functional groups attached to an aromatic ring is 1. The van der Waals surface area contributed by atoms with Crippen molar-refractivity contribution in [2.45, 2.75) is 18.2 Å². The van der Waals surface area contributed by atoms with Gasteiger partial charge in [0.1, 0.15) is 0 Å². The average molecular weight is 244 g/mol. The standard InChI is InChI=1S/C10H16N2O3S/c1-8-3-4-9(7-10(8)11)16(14,15)12-5-2-6-13/h3-4,7,12-13H,2,5-6,11H2,1H3. The van der Waals surface area contributed by atoms with Crippen LogP contribution < -0.4 is 10.5 Å². The topological polar surface area (TPSA) is 92.4 Å². The SMILES string of the molecule is Cc1ccc(S(=O)(=O)NCCCO)cc1N. The third kappa shape index (κ3) is 3.19. The second-order valence-corrected chi connectivity index (χ2v) is 5.26. The summed E-state index contributed by atoms with van der Waals surface area (Å²) in [5.41, 5.74) is 6.93. The first-order valence-electron chi connectivity index (χ1n) is 4.94. The van der Waals surface area contributed by atoms with Gasteiger partial charge in [0.2, 0.25) is 10.0 Å². The Balaban J connectivity index is 2.86. The van der Waals surface area contributed by atoms with Crippen molar-refractivity contribution in [1.82, 2.24) is 4.72 Å². The largest absolute Gasteiger partial charge is 0.398 e. The van der Waals surface area contributed by atoms with Crippen molar-refractivity contribution in [3.8, 4) is 0 Å². The summed E-state index contributed by atoms with van der Waals surface area (Å²) in [6.45, 7) is 1.98. The molecule has 1 aromatic carbocycles. The second kappa shape index (κ2) is 5.29. The highest BCUT2D eigenvalue weighted by atomic mass is 32.2. The van der Waals surface area contributed by atoms with Gasteiger partial charge in [-0.05, 0) is 31.0 Å². The highest BCUT2D eigenvalue weighted by Crippen LogP contribution is 2.16. The van der Waals surface area contributed by atoms with Crippen molar-refractivity contribution >= 4 is 15.7 Å². The van der Waals surface area contributed by atoms with Gasteiger partial charge in [0.15, 0.2) is 0 Å². The Hall–Kier alpha value is -1.11. The van der Waals surface area contributed by atoms with Crippen LogP contribution in [-0.4, -0.2) is 26.7 Å². The van der Waals surface area contributed by atoms with Gasteiger partial charge in [-0.2, -0.15) is 0 Å². The van der Waals surface area contributed by atoms with Crippen molar-refractivity contribution in [1.29, 1.82) is 0 Å². The first-order chi connectivity index (χ1) is 7.47. The number of sulfonamides is 1. The van der Waals surface area contributed by atoms with Crippen molar-refractivity contribution in [2.24, 2.45) is 0 Å². The van der Waals surface area contributed by atoms with E-state index in [-0.39, 0.29) is 18.0 Å². The predicted octanol–water partition coefficient (Wildman–Crippen LogP) is 0.238. The van der Waals surface area contributed by atoms with E-state index < -0.39 is 10.0 Å². The van der Waals surface area contributed by atoms with Crippen molar-refractivity contribution in [3.05, 3.63) is 23.8 Å². The van der Waals surface area contributed by atoms with E-state index >= 15 is 0 Å². The molecule has 0 aliphatic heterocycles. The van der Waals surface area contributed by atoms with Gasteiger partial charge in [-0.25, -0.2) is 13.1 Å². The molecule has 0 unspecified atom stereocenters. The van der Waals surface area contributed by atoms with Gasteiger partial charge in [0.05, 0.1) is 4.90 Å². The van der Waals surface area contributed by atoms with E-state index in [1.165, 1.54) is 12.1 Å². The zero-order chi connectivity index (χ0) is 12.2. The lowest BCUT2D eigenvalue weighted by Gasteiger charge is -2.07. The van der Waals surface area contributed by atoms with Crippen LogP contribution in [0.15, 0.2) is 23.1 Å². The van der Waals surface area contributed by atoms with Crippen LogP contribution in [0, 0.1) is 6.92 Å². The highest BCUT2D eigenvalue weighted by molar-refractivity contribution is 7.89. The van der Waals surface area contributed by atoms with E-state index in [1.807, 2.05) is 6.92 Å². The maximum absolute atomic E-state index is 11.7. The van der Waals surface area contributed by atoms with E-state index in [1.54, 1.807) is 6.07 Å². The molecule has 1 rings (SSSR count). The van der Waals surface area contributed by atoms with Crippen LogP contribution in [0.5, 0.6) is 0 Å². The van der Waals surface area contributed by atoms with Crippen LogP contribution >= 0.6 is 0 Å². The molecule has 0 aliphatic rings. The van der Waals surface area contributed by atoms with E-state index in [0.717, 1.165) is 5.56 Å². The summed E-state index contributed by atoms with van der Waals surface area (Å²) in [6, 6.07) is 4.60. The average Bonchev–Trinajstić information content (AvgIpc) is 2.22. The van der Waals surface area contributed by atoms with Gasteiger partial charge in [-0.3, -0.25) is 0 Å². The van der Waals surface area contributed by atoms with Crippen LogP contribution in [-0.2, 0) is 10.0 Å². The maximum Gasteiger partial charge on any atom is 0.240 e. The molecular weight excluding hydrogens is 228 g/mol. The number of aliphatic hydroxyl groups excluding tert-OH is 1. The number of benzene rings is 1. The van der Waals surface area contributed by atoms with Gasteiger partial charge >= 0.3 is 0 Å². The Labute approximate surface area is 95.3 Å². The molecule has 90 valence electrons. The molecule has 5 nitrogen and oxygen atoms in total. The molecule has 6 heteroatoms. The smallest absolute Gasteiger partial charge is 0.240 e. The summed E-state index contributed by atoms with van der Waals surface area (Å²) in [5, 5.41) is 8.56. The summed E-state index contributed by atoms with van der Waals surface area (Å²) in [4.78, 5) is 0.147. The fraction of sp³-hybridized carbons (Fsp3) is 0.400. The Morgan fingerprint density at radius 1 is 1.44 bits per heavy atom. The van der Waals surface area contributed by atoms with Crippen molar-refractivity contribution in [3.63, 3.8) is 0 Å². The van der Waals surface area contributed by atoms with Gasteiger partial charge < -0.3 is 10.8 Å². The van der Waals surface area contributed by atoms with Crippen LogP contribution in [0.3, 0.4) is 0 Å². The van der Waals surface area contributed by atoms with E-state index in [4.69, 9.17) is 10.8 Å². The van der Waals surface area contributed by atoms with Gasteiger partial charge in [-0.1, -0.05) is 6.07 Å². The summed E-state index contributed by atoms with van der Waals surface area (Å²) < 4.78 is 25.8. The first kappa shape index (κ1) is 13.0. The first-order valence-corrected chi connectivity index (χ1v) is 6.42. The van der Waals surface area contributed by atoms with Crippen LogP contribution in [0.25, 0.3) is 0 Å². The number of aliphatic hydroxyl groups is 1. The zero-order valence-corrected chi connectivity index (χ0v) is 9.92. The Morgan fingerprint density at radius 3 is 2.69 bits per heavy atom. The quantitative estimate of drug-likeness (QED) is 0.511. The minimum Gasteiger partial charge on any atom is -0.398 e. The van der Waals surface area contributed by atoms with Crippen LogP contribution in [0.2, 0.25) is 0 Å².